The van der Waals surface area contributed by atoms with Crippen molar-refractivity contribution in [2.24, 2.45) is 0 Å². The minimum Gasteiger partial charge on any atom is -0.341 e. The second kappa shape index (κ2) is 7.83. The van der Waals surface area contributed by atoms with Gasteiger partial charge in [-0.1, -0.05) is 12.5 Å². The number of thiophene rings is 1. The summed E-state index contributed by atoms with van der Waals surface area (Å²) in [4.78, 5) is 38.2. The molecule has 1 amide bonds. The first-order valence-electron chi connectivity index (χ1n) is 9.74. The third-order valence-corrected chi connectivity index (χ3v) is 6.56. The topological polar surface area (TPSA) is 68.1 Å². The summed E-state index contributed by atoms with van der Waals surface area (Å²) in [6, 6.07) is 5.79. The van der Waals surface area contributed by atoms with Gasteiger partial charge in [-0.3, -0.25) is 19.1 Å². The van der Waals surface area contributed by atoms with Gasteiger partial charge in [0.15, 0.2) is 0 Å². The fourth-order valence-corrected chi connectivity index (χ4v) is 4.90. The first-order valence-corrected chi connectivity index (χ1v) is 10.6. The highest BCUT2D eigenvalue weighted by atomic mass is 32.1. The molecule has 0 fully saturated rings. The third-order valence-electron chi connectivity index (χ3n) is 5.38. The molecule has 1 aliphatic rings. The summed E-state index contributed by atoms with van der Waals surface area (Å²) in [7, 11) is 1.80. The van der Waals surface area contributed by atoms with E-state index in [1.165, 1.54) is 11.3 Å². The number of carbonyl (C=O) groups excluding carboxylic acids is 1. The fraction of sp³-hybridized carbons (Fsp3) is 0.429. The Morgan fingerprint density at radius 2 is 2.14 bits per heavy atom. The number of fused-ring (bicyclic) bond motifs is 2. The van der Waals surface area contributed by atoms with Crippen LogP contribution >= 0.6 is 11.3 Å². The van der Waals surface area contributed by atoms with E-state index in [2.05, 4.69) is 4.98 Å². The van der Waals surface area contributed by atoms with Crippen molar-refractivity contribution in [3.63, 3.8) is 0 Å². The Hall–Kier alpha value is -2.54. The van der Waals surface area contributed by atoms with Crippen molar-refractivity contribution >= 4 is 27.5 Å². The van der Waals surface area contributed by atoms with E-state index < -0.39 is 0 Å². The number of likely N-dealkylation sites (N-methyl/N-ethyl adjacent to an activating group) is 1. The molecule has 0 unspecified atom stereocenters. The molecule has 3 aromatic heterocycles. The molecule has 0 bridgehead atoms. The fourth-order valence-electron chi connectivity index (χ4n) is 3.72. The van der Waals surface area contributed by atoms with Crippen LogP contribution in [0.15, 0.2) is 29.2 Å². The molecule has 28 heavy (non-hydrogen) atoms. The predicted octanol–water partition coefficient (Wildman–Crippen LogP) is 3.20. The molecule has 0 aliphatic carbocycles. The summed E-state index contributed by atoms with van der Waals surface area (Å²) in [5.41, 5.74) is 1.72. The quantitative estimate of drug-likeness (QED) is 0.679. The molecule has 0 saturated carbocycles. The Labute approximate surface area is 167 Å². The Morgan fingerprint density at radius 1 is 1.29 bits per heavy atom. The lowest BCUT2D eigenvalue weighted by Gasteiger charge is -2.16. The lowest BCUT2D eigenvalue weighted by Crippen LogP contribution is -2.29. The molecule has 3 aromatic rings. The molecule has 0 N–H and O–H groups in total. The number of hydrogen-bond acceptors (Lipinski definition) is 5. The van der Waals surface area contributed by atoms with E-state index in [-0.39, 0.29) is 11.5 Å². The highest BCUT2D eigenvalue weighted by Gasteiger charge is 2.24. The molecule has 4 rings (SSSR count). The molecule has 0 atom stereocenters. The van der Waals surface area contributed by atoms with Gasteiger partial charge in [0.2, 0.25) is 0 Å². The van der Waals surface area contributed by atoms with Crippen LogP contribution in [0.3, 0.4) is 0 Å². The molecule has 7 heteroatoms. The predicted molar refractivity (Wildman–Crippen MR) is 111 cm³/mol. The van der Waals surface area contributed by atoms with Gasteiger partial charge in [-0.25, -0.2) is 4.98 Å². The van der Waals surface area contributed by atoms with Gasteiger partial charge in [-0.2, -0.15) is 0 Å². The minimum absolute atomic E-state index is 0.00541. The van der Waals surface area contributed by atoms with Crippen LogP contribution in [-0.2, 0) is 19.4 Å². The largest absolute Gasteiger partial charge is 0.341 e. The van der Waals surface area contributed by atoms with E-state index in [1.807, 2.05) is 29.7 Å². The van der Waals surface area contributed by atoms with Crippen LogP contribution in [0.5, 0.6) is 0 Å². The van der Waals surface area contributed by atoms with Crippen LogP contribution in [0, 0.1) is 6.92 Å². The van der Waals surface area contributed by atoms with Crippen LogP contribution in [0.1, 0.15) is 46.0 Å². The van der Waals surface area contributed by atoms with Crippen molar-refractivity contribution in [3.05, 3.63) is 56.7 Å². The first kappa shape index (κ1) is 18.8. The molecule has 0 aromatic carbocycles. The second-order valence-electron chi connectivity index (χ2n) is 7.33. The zero-order valence-electron chi connectivity index (χ0n) is 16.3. The Morgan fingerprint density at radius 3 is 2.93 bits per heavy atom. The molecule has 4 heterocycles. The molecule has 0 spiro atoms. The average molecular weight is 397 g/mol. The Bertz CT molecular complexity index is 1070. The maximum Gasteiger partial charge on any atom is 0.264 e. The summed E-state index contributed by atoms with van der Waals surface area (Å²) in [5, 5.41) is 0.608. The number of carbonyl (C=O) groups is 1. The Kier molecular flexibility index (Phi) is 5.26. The van der Waals surface area contributed by atoms with E-state index in [9.17, 15) is 9.59 Å². The first-order chi connectivity index (χ1) is 13.6. The highest BCUT2D eigenvalue weighted by molar-refractivity contribution is 7.20. The van der Waals surface area contributed by atoms with E-state index in [0.717, 1.165) is 49.3 Å². The highest BCUT2D eigenvalue weighted by Crippen LogP contribution is 2.29. The van der Waals surface area contributed by atoms with Crippen LogP contribution in [0.2, 0.25) is 0 Å². The van der Waals surface area contributed by atoms with Crippen molar-refractivity contribution < 1.29 is 4.79 Å². The molecule has 1 aliphatic heterocycles. The standard InChI is InChI=1S/C21H24N4O2S/c1-14-17-19(23-16-9-4-3-7-12-25(16)20(17)26)28-18(14)21(27)24(2)13-10-15-8-5-6-11-22-15/h5-6,8,11H,3-4,7,9-10,12-13H2,1-2H3. The number of pyridine rings is 1. The maximum absolute atomic E-state index is 13.1. The lowest BCUT2D eigenvalue weighted by atomic mass is 10.2. The van der Waals surface area contributed by atoms with Crippen molar-refractivity contribution in [2.75, 3.05) is 13.6 Å². The third kappa shape index (κ3) is 3.46. The van der Waals surface area contributed by atoms with Gasteiger partial charge < -0.3 is 4.90 Å². The van der Waals surface area contributed by atoms with Crippen molar-refractivity contribution in [1.29, 1.82) is 0 Å². The van der Waals surface area contributed by atoms with E-state index >= 15 is 0 Å². The zero-order chi connectivity index (χ0) is 19.7. The smallest absolute Gasteiger partial charge is 0.264 e. The van der Waals surface area contributed by atoms with Crippen molar-refractivity contribution in [1.82, 2.24) is 19.4 Å². The molecular weight excluding hydrogens is 372 g/mol. The molecule has 0 saturated heterocycles. The van der Waals surface area contributed by atoms with Crippen LogP contribution < -0.4 is 5.56 Å². The van der Waals surface area contributed by atoms with Gasteiger partial charge in [-0.15, -0.1) is 11.3 Å². The molecule has 0 radical (unpaired) electrons. The normalized spacial score (nSPS) is 13.9. The van der Waals surface area contributed by atoms with Crippen molar-refractivity contribution in [2.45, 2.75) is 45.6 Å². The summed E-state index contributed by atoms with van der Waals surface area (Å²) in [6.07, 6.45) is 6.48. The summed E-state index contributed by atoms with van der Waals surface area (Å²) in [6.45, 7) is 3.16. The lowest BCUT2D eigenvalue weighted by molar-refractivity contribution is 0.0800. The number of aryl methyl sites for hydroxylation is 2. The van der Waals surface area contributed by atoms with Gasteiger partial charge in [0.25, 0.3) is 11.5 Å². The molecule has 6 nitrogen and oxygen atoms in total. The number of rotatable bonds is 4. The van der Waals surface area contributed by atoms with Gasteiger partial charge in [0.1, 0.15) is 10.7 Å². The van der Waals surface area contributed by atoms with Gasteiger partial charge in [-0.05, 0) is 37.5 Å². The van der Waals surface area contributed by atoms with Crippen LogP contribution in [0.25, 0.3) is 10.2 Å². The zero-order valence-corrected chi connectivity index (χ0v) is 17.1. The second-order valence-corrected chi connectivity index (χ2v) is 8.33. The Balaban J connectivity index is 1.63. The number of aromatic nitrogens is 3. The average Bonchev–Trinajstić information content (AvgIpc) is 2.88. The van der Waals surface area contributed by atoms with Gasteiger partial charge in [0.05, 0.1) is 10.3 Å². The summed E-state index contributed by atoms with van der Waals surface area (Å²) < 4.78 is 1.81. The summed E-state index contributed by atoms with van der Waals surface area (Å²) >= 11 is 1.34. The maximum atomic E-state index is 13.1. The number of nitrogens with zero attached hydrogens (tertiary/aromatic N) is 4. The van der Waals surface area contributed by atoms with E-state index in [0.29, 0.717) is 28.1 Å². The summed E-state index contributed by atoms with van der Waals surface area (Å²) in [5.74, 6) is 0.801. The molecular formula is C21H24N4O2S. The van der Waals surface area contributed by atoms with Gasteiger partial charge in [0, 0.05) is 44.9 Å². The minimum atomic E-state index is -0.0592. The van der Waals surface area contributed by atoms with Crippen LogP contribution in [0.4, 0.5) is 0 Å². The number of amides is 1. The van der Waals surface area contributed by atoms with Gasteiger partial charge >= 0.3 is 0 Å². The SMILES string of the molecule is Cc1c(C(=O)N(C)CCc2ccccn2)sc2nc3n(c(=O)c12)CCCCC3. The van der Waals surface area contributed by atoms with E-state index in [1.54, 1.807) is 18.1 Å². The van der Waals surface area contributed by atoms with Crippen LogP contribution in [-0.4, -0.2) is 38.9 Å². The van der Waals surface area contributed by atoms with E-state index in [4.69, 9.17) is 4.98 Å². The number of hydrogen-bond donors (Lipinski definition) is 0. The van der Waals surface area contributed by atoms with Crippen molar-refractivity contribution in [3.8, 4) is 0 Å². The monoisotopic (exact) mass is 396 g/mol. The molecule has 146 valence electrons.